The Morgan fingerprint density at radius 2 is 2.00 bits per heavy atom. The predicted molar refractivity (Wildman–Crippen MR) is 114 cm³/mol. The fourth-order valence-corrected chi connectivity index (χ4v) is 3.50. The number of rotatable bonds is 3. The lowest BCUT2D eigenvalue weighted by atomic mass is 10.1. The maximum Gasteiger partial charge on any atom is 0.289 e. The van der Waals surface area contributed by atoms with E-state index in [2.05, 4.69) is 15.3 Å². The Morgan fingerprint density at radius 3 is 2.78 bits per heavy atom. The number of carbonyl (C=O) groups is 2. The Kier molecular flexibility index (Phi) is 5.94. The van der Waals surface area contributed by atoms with E-state index in [0.29, 0.717) is 16.5 Å². The molecule has 1 aliphatic heterocycles. The molecule has 0 saturated heterocycles. The van der Waals surface area contributed by atoms with Gasteiger partial charge in [-0.25, -0.2) is 18.7 Å². The molecule has 7 nitrogen and oxygen atoms in total. The van der Waals surface area contributed by atoms with Gasteiger partial charge in [0.05, 0.1) is 22.6 Å². The van der Waals surface area contributed by atoms with Gasteiger partial charge >= 0.3 is 0 Å². The van der Waals surface area contributed by atoms with Crippen molar-refractivity contribution in [2.24, 2.45) is 0 Å². The summed E-state index contributed by atoms with van der Waals surface area (Å²) < 4.78 is 33.4. The van der Waals surface area contributed by atoms with Gasteiger partial charge in [0, 0.05) is 23.7 Å². The fourth-order valence-electron chi connectivity index (χ4n) is 3.15. The Balaban J connectivity index is 1.59. The maximum absolute atomic E-state index is 14.2. The quantitative estimate of drug-likeness (QED) is 0.617. The van der Waals surface area contributed by atoms with Crippen LogP contribution in [-0.4, -0.2) is 41.5 Å². The third-order valence-electron chi connectivity index (χ3n) is 4.75. The number of benzene rings is 2. The minimum atomic E-state index is -1.06. The average molecular weight is 479 g/mol. The Bertz CT molecular complexity index is 1240. The summed E-state index contributed by atoms with van der Waals surface area (Å²) in [5.74, 6) is -2.73. The van der Waals surface area contributed by atoms with E-state index in [1.807, 2.05) is 0 Å². The van der Waals surface area contributed by atoms with E-state index in [9.17, 15) is 18.4 Å². The lowest BCUT2D eigenvalue weighted by Gasteiger charge is -2.20. The first-order valence-corrected chi connectivity index (χ1v) is 9.99. The lowest BCUT2D eigenvalue weighted by Crippen LogP contribution is -2.49. The number of hydrogen-bond donors (Lipinski definition) is 1. The number of anilines is 1. The van der Waals surface area contributed by atoms with Crippen molar-refractivity contribution >= 4 is 40.7 Å². The van der Waals surface area contributed by atoms with E-state index in [4.69, 9.17) is 27.9 Å². The van der Waals surface area contributed by atoms with Gasteiger partial charge in [0.25, 0.3) is 11.8 Å². The van der Waals surface area contributed by atoms with E-state index in [0.717, 1.165) is 24.4 Å². The van der Waals surface area contributed by atoms with Gasteiger partial charge < -0.3 is 15.0 Å². The number of hydrogen-bond acceptors (Lipinski definition) is 5. The number of ether oxygens (including phenoxy) is 1. The molecule has 0 fully saturated rings. The van der Waals surface area contributed by atoms with E-state index >= 15 is 0 Å². The van der Waals surface area contributed by atoms with Crippen LogP contribution in [0.25, 0.3) is 11.3 Å². The molecule has 2 heterocycles. The zero-order valence-corrected chi connectivity index (χ0v) is 17.9. The molecule has 1 N–H and O–H groups in total. The number of likely N-dealkylation sites (N-methyl/N-ethyl adjacent to an activating group) is 1. The number of nitrogens with zero attached hydrogens (tertiary/aromatic N) is 3. The number of nitrogens with one attached hydrogen (secondary N) is 1. The molecule has 11 heteroatoms. The second kappa shape index (κ2) is 8.68. The first-order valence-electron chi connectivity index (χ1n) is 9.23. The van der Waals surface area contributed by atoms with Crippen LogP contribution < -0.4 is 15.0 Å². The predicted octanol–water partition coefficient (Wildman–Crippen LogP) is 3.88. The summed E-state index contributed by atoms with van der Waals surface area (Å²) in [4.78, 5) is 34.7. The summed E-state index contributed by atoms with van der Waals surface area (Å²) >= 11 is 12.0. The molecular formula is C21H14Cl2F2N4O3. The first-order chi connectivity index (χ1) is 15.2. The van der Waals surface area contributed by atoms with Gasteiger partial charge in [0.15, 0.2) is 0 Å². The molecular weight excluding hydrogens is 465 g/mol. The molecule has 3 aromatic rings. The van der Waals surface area contributed by atoms with Crippen molar-refractivity contribution in [3.05, 3.63) is 70.1 Å². The molecule has 164 valence electrons. The molecule has 0 spiro atoms. The van der Waals surface area contributed by atoms with Gasteiger partial charge in [0.1, 0.15) is 30.0 Å². The molecule has 32 heavy (non-hydrogen) atoms. The van der Waals surface area contributed by atoms with E-state index in [1.54, 1.807) is 18.2 Å². The minimum Gasteiger partial charge on any atom is -0.489 e. The van der Waals surface area contributed by atoms with Gasteiger partial charge in [-0.05, 0) is 30.3 Å². The third-order valence-corrected chi connectivity index (χ3v) is 5.27. The largest absolute Gasteiger partial charge is 0.489 e. The van der Waals surface area contributed by atoms with Crippen LogP contribution in [0.2, 0.25) is 10.0 Å². The molecule has 2 amide bonds. The SMILES string of the molecule is CN1C(=O)[C@@H](NC(=O)c2ncc(Cl)c(-c3cc(F)ccc3F)n2)COc2cc(Cl)ccc21. The highest BCUT2D eigenvalue weighted by Gasteiger charge is 2.31. The standard InChI is InChI=1S/C21H14Cl2F2N4O3/c1-29-16-5-2-10(22)6-17(16)32-9-15(21(29)31)27-20(30)19-26-8-13(23)18(28-19)12-7-11(24)3-4-14(12)25/h2-8,15H,9H2,1H3,(H,27,30)/t15-/m0/s1. The molecule has 0 saturated carbocycles. The summed E-state index contributed by atoms with van der Waals surface area (Å²) in [6.45, 7) is -0.165. The van der Waals surface area contributed by atoms with Gasteiger partial charge in [-0.3, -0.25) is 9.59 Å². The van der Waals surface area contributed by atoms with E-state index < -0.39 is 29.5 Å². The second-order valence-electron chi connectivity index (χ2n) is 6.86. The van der Waals surface area contributed by atoms with Crippen molar-refractivity contribution < 1.29 is 23.1 Å². The van der Waals surface area contributed by atoms with Crippen molar-refractivity contribution in [3.63, 3.8) is 0 Å². The number of fused-ring (bicyclic) bond motifs is 1. The number of amides is 2. The van der Waals surface area contributed by atoms with E-state index in [1.165, 1.54) is 11.9 Å². The van der Waals surface area contributed by atoms with Gasteiger partial charge in [-0.2, -0.15) is 0 Å². The summed E-state index contributed by atoms with van der Waals surface area (Å²) in [7, 11) is 1.53. The van der Waals surface area contributed by atoms with Crippen LogP contribution in [0.4, 0.5) is 14.5 Å². The molecule has 0 unspecified atom stereocenters. The topological polar surface area (TPSA) is 84.4 Å². The van der Waals surface area contributed by atoms with Crippen LogP contribution in [0.15, 0.2) is 42.6 Å². The van der Waals surface area contributed by atoms with Gasteiger partial charge in [-0.15, -0.1) is 0 Å². The Hall–Kier alpha value is -3.30. The van der Waals surface area contributed by atoms with Crippen LogP contribution in [0.3, 0.4) is 0 Å². The van der Waals surface area contributed by atoms with Crippen LogP contribution in [0, 0.1) is 11.6 Å². The van der Waals surface area contributed by atoms with Crippen molar-refractivity contribution in [3.8, 4) is 17.0 Å². The molecule has 1 aliphatic rings. The van der Waals surface area contributed by atoms with E-state index in [-0.39, 0.29) is 28.7 Å². The molecule has 0 aliphatic carbocycles. The zero-order valence-electron chi connectivity index (χ0n) is 16.4. The highest BCUT2D eigenvalue weighted by atomic mass is 35.5. The fraction of sp³-hybridized carbons (Fsp3) is 0.143. The number of carbonyl (C=O) groups excluding carboxylic acids is 2. The molecule has 2 aromatic carbocycles. The summed E-state index contributed by atoms with van der Waals surface area (Å²) in [6, 6.07) is 6.51. The first kappa shape index (κ1) is 21.9. The summed E-state index contributed by atoms with van der Waals surface area (Å²) in [5.41, 5.74) is 0.0987. The molecule has 1 aromatic heterocycles. The van der Waals surface area contributed by atoms with Crippen molar-refractivity contribution in [1.82, 2.24) is 15.3 Å². The van der Waals surface area contributed by atoms with Crippen LogP contribution in [-0.2, 0) is 4.79 Å². The summed E-state index contributed by atoms with van der Waals surface area (Å²) in [6.07, 6.45) is 1.10. The lowest BCUT2D eigenvalue weighted by molar-refractivity contribution is -0.120. The zero-order chi connectivity index (χ0) is 23.0. The second-order valence-corrected chi connectivity index (χ2v) is 7.70. The van der Waals surface area contributed by atoms with Crippen LogP contribution in [0.5, 0.6) is 5.75 Å². The van der Waals surface area contributed by atoms with Crippen LogP contribution >= 0.6 is 23.2 Å². The van der Waals surface area contributed by atoms with Crippen molar-refractivity contribution in [2.45, 2.75) is 6.04 Å². The number of halogens is 4. The highest BCUT2D eigenvalue weighted by molar-refractivity contribution is 6.33. The van der Waals surface area contributed by atoms with Crippen molar-refractivity contribution in [1.29, 1.82) is 0 Å². The van der Waals surface area contributed by atoms with Crippen molar-refractivity contribution in [2.75, 3.05) is 18.6 Å². The smallest absolute Gasteiger partial charge is 0.289 e. The molecule has 1 atom stereocenters. The number of aromatic nitrogens is 2. The molecule has 0 bridgehead atoms. The Morgan fingerprint density at radius 1 is 1.22 bits per heavy atom. The molecule has 4 rings (SSSR count). The van der Waals surface area contributed by atoms with Crippen LogP contribution in [0.1, 0.15) is 10.6 Å². The Labute approximate surface area is 190 Å². The monoisotopic (exact) mass is 478 g/mol. The van der Waals surface area contributed by atoms with Gasteiger partial charge in [-0.1, -0.05) is 23.2 Å². The average Bonchev–Trinajstić information content (AvgIpc) is 2.87. The third kappa shape index (κ3) is 4.21. The molecule has 0 radical (unpaired) electrons. The minimum absolute atomic E-state index is 0.0769. The maximum atomic E-state index is 14.2. The van der Waals surface area contributed by atoms with Gasteiger partial charge in [0.2, 0.25) is 5.82 Å². The highest BCUT2D eigenvalue weighted by Crippen LogP contribution is 2.33. The normalized spacial score (nSPS) is 15.6. The summed E-state index contributed by atoms with van der Waals surface area (Å²) in [5, 5.41) is 2.86.